The third-order valence-electron chi connectivity index (χ3n) is 3.67. The first-order valence-corrected chi connectivity index (χ1v) is 6.60. The number of anilines is 1. The average Bonchev–Trinajstić information content (AvgIpc) is 3.14. The van der Waals surface area contributed by atoms with Crippen molar-refractivity contribution in [3.8, 4) is 5.75 Å². The van der Waals surface area contributed by atoms with Crippen LogP contribution in [0.25, 0.3) is 0 Å². The van der Waals surface area contributed by atoms with Crippen LogP contribution in [0, 0.1) is 5.82 Å². The zero-order chi connectivity index (χ0) is 13.4. The molecule has 1 atom stereocenters. The topological polar surface area (TPSA) is 41.6 Å². The Morgan fingerprint density at radius 2 is 2.16 bits per heavy atom. The molecule has 3 rings (SSSR count). The maximum atomic E-state index is 13.7. The van der Waals surface area contributed by atoms with Crippen molar-refractivity contribution < 1.29 is 13.9 Å². The van der Waals surface area contributed by atoms with Crippen LogP contribution < -0.4 is 15.0 Å². The third kappa shape index (κ3) is 2.42. The van der Waals surface area contributed by atoms with Crippen LogP contribution in [0.4, 0.5) is 10.1 Å². The number of methoxy groups -OCH3 is 1. The van der Waals surface area contributed by atoms with Gasteiger partial charge < -0.3 is 15.0 Å². The monoisotopic (exact) mass is 264 g/mol. The Kier molecular flexibility index (Phi) is 3.14. The summed E-state index contributed by atoms with van der Waals surface area (Å²) in [5, 5.41) is 3.33. The summed E-state index contributed by atoms with van der Waals surface area (Å²) in [6, 6.07) is 5.02. The summed E-state index contributed by atoms with van der Waals surface area (Å²) in [4.78, 5) is 13.9. The van der Waals surface area contributed by atoms with Gasteiger partial charge in [0.15, 0.2) is 11.6 Å². The SMILES string of the molecule is COc1ccc(N2CCC(NC3CC3)C2=O)cc1F. The van der Waals surface area contributed by atoms with E-state index >= 15 is 0 Å². The van der Waals surface area contributed by atoms with Crippen LogP contribution in [0.1, 0.15) is 19.3 Å². The van der Waals surface area contributed by atoms with Gasteiger partial charge in [0.25, 0.3) is 0 Å². The number of ether oxygens (including phenoxy) is 1. The fourth-order valence-corrected chi connectivity index (χ4v) is 2.45. The van der Waals surface area contributed by atoms with Gasteiger partial charge in [-0.05, 0) is 31.4 Å². The highest BCUT2D eigenvalue weighted by Gasteiger charge is 2.36. The average molecular weight is 264 g/mol. The molecule has 1 saturated heterocycles. The lowest BCUT2D eigenvalue weighted by Gasteiger charge is -2.18. The number of carbonyl (C=O) groups excluding carboxylic acids is 1. The Morgan fingerprint density at radius 1 is 1.37 bits per heavy atom. The molecular weight excluding hydrogens is 247 g/mol. The van der Waals surface area contributed by atoms with Gasteiger partial charge in [0.1, 0.15) is 0 Å². The number of halogens is 1. The van der Waals surface area contributed by atoms with Gasteiger partial charge in [-0.15, -0.1) is 0 Å². The van der Waals surface area contributed by atoms with Crippen LogP contribution in [0.15, 0.2) is 18.2 Å². The van der Waals surface area contributed by atoms with Crippen molar-refractivity contribution in [1.82, 2.24) is 5.32 Å². The van der Waals surface area contributed by atoms with E-state index in [1.54, 1.807) is 17.0 Å². The highest BCUT2D eigenvalue weighted by molar-refractivity contribution is 5.99. The van der Waals surface area contributed by atoms with E-state index in [9.17, 15) is 9.18 Å². The fraction of sp³-hybridized carbons (Fsp3) is 0.500. The van der Waals surface area contributed by atoms with Crippen LogP contribution in [0.3, 0.4) is 0 Å². The Balaban J connectivity index is 1.75. The van der Waals surface area contributed by atoms with Gasteiger partial charge in [0, 0.05) is 24.3 Å². The third-order valence-corrected chi connectivity index (χ3v) is 3.67. The zero-order valence-corrected chi connectivity index (χ0v) is 10.9. The minimum atomic E-state index is -0.439. The number of carbonyl (C=O) groups is 1. The molecule has 0 radical (unpaired) electrons. The molecule has 19 heavy (non-hydrogen) atoms. The molecule has 1 aromatic rings. The van der Waals surface area contributed by atoms with Crippen molar-refractivity contribution in [2.24, 2.45) is 0 Å². The Bertz CT molecular complexity index is 502. The number of hydrogen-bond donors (Lipinski definition) is 1. The molecule has 2 aliphatic rings. The molecule has 1 N–H and O–H groups in total. The normalized spacial score (nSPS) is 22.9. The summed E-state index contributed by atoms with van der Waals surface area (Å²) in [6.45, 7) is 0.634. The predicted molar refractivity (Wildman–Crippen MR) is 69.9 cm³/mol. The lowest BCUT2D eigenvalue weighted by Crippen LogP contribution is -2.39. The predicted octanol–water partition coefficient (Wildman–Crippen LogP) is 1.69. The van der Waals surface area contributed by atoms with Crippen LogP contribution in [-0.4, -0.2) is 31.6 Å². The van der Waals surface area contributed by atoms with Crippen molar-refractivity contribution in [3.05, 3.63) is 24.0 Å². The molecule has 102 valence electrons. The number of nitrogens with zero attached hydrogens (tertiary/aromatic N) is 1. The summed E-state index contributed by atoms with van der Waals surface area (Å²) in [7, 11) is 1.43. The number of rotatable bonds is 4. The molecule has 2 fully saturated rings. The molecule has 0 bridgehead atoms. The van der Waals surface area contributed by atoms with E-state index in [-0.39, 0.29) is 17.7 Å². The number of hydrogen-bond acceptors (Lipinski definition) is 3. The van der Waals surface area contributed by atoms with Crippen LogP contribution >= 0.6 is 0 Å². The smallest absolute Gasteiger partial charge is 0.244 e. The molecule has 1 heterocycles. The Labute approximate surface area is 111 Å². The quantitative estimate of drug-likeness (QED) is 0.900. The van der Waals surface area contributed by atoms with Gasteiger partial charge in [-0.2, -0.15) is 0 Å². The second-order valence-corrected chi connectivity index (χ2v) is 5.09. The van der Waals surface area contributed by atoms with Gasteiger partial charge in [-0.1, -0.05) is 0 Å². The van der Waals surface area contributed by atoms with E-state index in [2.05, 4.69) is 5.32 Å². The number of nitrogens with one attached hydrogen (secondary N) is 1. The van der Waals surface area contributed by atoms with Crippen LogP contribution in [-0.2, 0) is 4.79 Å². The number of amides is 1. The van der Waals surface area contributed by atoms with Gasteiger partial charge in [-0.25, -0.2) is 4.39 Å². The Hall–Kier alpha value is -1.62. The summed E-state index contributed by atoms with van der Waals surface area (Å²) in [6.07, 6.45) is 3.09. The van der Waals surface area contributed by atoms with E-state index in [0.29, 0.717) is 18.3 Å². The van der Waals surface area contributed by atoms with Gasteiger partial charge >= 0.3 is 0 Å². The zero-order valence-electron chi connectivity index (χ0n) is 10.9. The van der Waals surface area contributed by atoms with E-state index in [1.807, 2.05) is 0 Å². The molecule has 1 aliphatic carbocycles. The lowest BCUT2D eigenvalue weighted by molar-refractivity contribution is -0.118. The second-order valence-electron chi connectivity index (χ2n) is 5.09. The van der Waals surface area contributed by atoms with E-state index in [4.69, 9.17) is 4.74 Å². The van der Waals surface area contributed by atoms with Gasteiger partial charge in [-0.3, -0.25) is 4.79 Å². The largest absolute Gasteiger partial charge is 0.494 e. The molecule has 1 aliphatic heterocycles. The first kappa shape index (κ1) is 12.4. The van der Waals surface area contributed by atoms with Gasteiger partial charge in [0.05, 0.1) is 13.2 Å². The number of benzene rings is 1. The molecule has 1 amide bonds. The minimum absolute atomic E-state index is 0.0384. The molecule has 1 saturated carbocycles. The second kappa shape index (κ2) is 4.81. The first-order valence-electron chi connectivity index (χ1n) is 6.60. The molecule has 4 nitrogen and oxygen atoms in total. The summed E-state index contributed by atoms with van der Waals surface area (Å²) in [5.74, 6) is -0.203. The lowest BCUT2D eigenvalue weighted by atomic mass is 10.2. The van der Waals surface area contributed by atoms with Crippen molar-refractivity contribution in [2.75, 3.05) is 18.6 Å². The molecule has 0 spiro atoms. The van der Waals surface area contributed by atoms with E-state index in [0.717, 1.165) is 19.3 Å². The minimum Gasteiger partial charge on any atom is -0.494 e. The Morgan fingerprint density at radius 3 is 2.79 bits per heavy atom. The first-order chi connectivity index (χ1) is 9.19. The molecule has 1 aromatic carbocycles. The highest BCUT2D eigenvalue weighted by Crippen LogP contribution is 2.28. The summed E-state index contributed by atoms with van der Waals surface area (Å²) >= 11 is 0. The summed E-state index contributed by atoms with van der Waals surface area (Å²) in [5.41, 5.74) is 0.600. The standard InChI is InChI=1S/C14H17FN2O2/c1-19-13-5-4-10(8-11(13)15)17-7-6-12(14(17)18)16-9-2-3-9/h4-5,8-9,12,16H,2-3,6-7H2,1H3. The van der Waals surface area contributed by atoms with Crippen molar-refractivity contribution in [2.45, 2.75) is 31.3 Å². The molecular formula is C14H17FN2O2. The molecule has 0 aromatic heterocycles. The van der Waals surface area contributed by atoms with E-state index < -0.39 is 5.82 Å². The maximum Gasteiger partial charge on any atom is 0.244 e. The van der Waals surface area contributed by atoms with Crippen molar-refractivity contribution in [3.63, 3.8) is 0 Å². The van der Waals surface area contributed by atoms with Crippen molar-refractivity contribution in [1.29, 1.82) is 0 Å². The van der Waals surface area contributed by atoms with Crippen molar-refractivity contribution >= 4 is 11.6 Å². The fourth-order valence-electron chi connectivity index (χ4n) is 2.45. The molecule has 5 heteroatoms. The maximum absolute atomic E-state index is 13.7. The van der Waals surface area contributed by atoms with Crippen LogP contribution in [0.5, 0.6) is 5.75 Å². The highest BCUT2D eigenvalue weighted by atomic mass is 19.1. The summed E-state index contributed by atoms with van der Waals surface area (Å²) < 4.78 is 18.6. The van der Waals surface area contributed by atoms with Crippen LogP contribution in [0.2, 0.25) is 0 Å². The van der Waals surface area contributed by atoms with Gasteiger partial charge in [0.2, 0.25) is 5.91 Å². The molecule has 1 unspecified atom stereocenters. The van der Waals surface area contributed by atoms with E-state index in [1.165, 1.54) is 13.2 Å².